The van der Waals surface area contributed by atoms with Crippen molar-refractivity contribution in [2.45, 2.75) is 9.79 Å². The van der Waals surface area contributed by atoms with Crippen LogP contribution in [0.1, 0.15) is 5.69 Å². The van der Waals surface area contributed by atoms with Crippen molar-refractivity contribution in [1.29, 1.82) is 0 Å². The van der Waals surface area contributed by atoms with Gasteiger partial charge in [-0.15, -0.1) is 5.10 Å². The summed E-state index contributed by atoms with van der Waals surface area (Å²) in [6.07, 6.45) is 1.63. The van der Waals surface area contributed by atoms with Gasteiger partial charge in [-0.05, 0) is 24.3 Å². The molecule has 7 heteroatoms. The Morgan fingerprint density at radius 3 is 2.29 bits per heavy atom. The van der Waals surface area contributed by atoms with E-state index in [0.29, 0.717) is 11.4 Å². The van der Waals surface area contributed by atoms with Crippen molar-refractivity contribution in [3.05, 3.63) is 79.0 Å². The quantitative estimate of drug-likeness (QED) is 0.559. The SMILES string of the molecule is C=Cc1cc(-c2ccccc2)nc2c(S(=O)(=O)c3ccccc3)c(NC)nn12. The Morgan fingerprint density at radius 2 is 1.68 bits per heavy atom. The first-order valence-electron chi connectivity index (χ1n) is 8.66. The maximum absolute atomic E-state index is 13.4. The molecule has 0 amide bonds. The lowest BCUT2D eigenvalue weighted by Crippen LogP contribution is -2.06. The van der Waals surface area contributed by atoms with Gasteiger partial charge in [0, 0.05) is 12.6 Å². The summed E-state index contributed by atoms with van der Waals surface area (Å²) in [6, 6.07) is 19.7. The van der Waals surface area contributed by atoms with Crippen molar-refractivity contribution in [3.63, 3.8) is 0 Å². The molecule has 0 aliphatic heterocycles. The molecule has 2 aromatic heterocycles. The van der Waals surface area contributed by atoms with Gasteiger partial charge in [-0.25, -0.2) is 17.9 Å². The Labute approximate surface area is 163 Å². The van der Waals surface area contributed by atoms with Crippen LogP contribution in [0.3, 0.4) is 0 Å². The zero-order valence-electron chi connectivity index (χ0n) is 15.2. The predicted octanol–water partition coefficient (Wildman–Crippen LogP) is 3.91. The average molecular weight is 390 g/mol. The highest BCUT2D eigenvalue weighted by atomic mass is 32.2. The Balaban J connectivity index is 2.07. The van der Waals surface area contributed by atoms with E-state index in [-0.39, 0.29) is 21.3 Å². The number of sulfone groups is 1. The molecule has 0 radical (unpaired) electrons. The third kappa shape index (κ3) is 2.86. The molecule has 0 spiro atoms. The van der Waals surface area contributed by atoms with Crippen LogP contribution in [0, 0.1) is 0 Å². The number of hydrogen-bond donors (Lipinski definition) is 1. The Kier molecular flexibility index (Phi) is 4.44. The van der Waals surface area contributed by atoms with Gasteiger partial charge in [-0.2, -0.15) is 0 Å². The van der Waals surface area contributed by atoms with E-state index in [9.17, 15) is 8.42 Å². The summed E-state index contributed by atoms with van der Waals surface area (Å²) in [7, 11) is -2.20. The summed E-state index contributed by atoms with van der Waals surface area (Å²) < 4.78 is 28.3. The fourth-order valence-electron chi connectivity index (χ4n) is 3.05. The van der Waals surface area contributed by atoms with Crippen molar-refractivity contribution in [2.75, 3.05) is 12.4 Å². The molecule has 0 atom stereocenters. The second-order valence-corrected chi connectivity index (χ2v) is 8.00. The second-order valence-electron chi connectivity index (χ2n) is 6.12. The molecule has 6 nitrogen and oxygen atoms in total. The molecule has 0 aliphatic carbocycles. The lowest BCUT2D eigenvalue weighted by molar-refractivity contribution is 0.597. The molecule has 2 aromatic carbocycles. The predicted molar refractivity (Wildman–Crippen MR) is 110 cm³/mol. The zero-order chi connectivity index (χ0) is 19.7. The van der Waals surface area contributed by atoms with Crippen molar-refractivity contribution in [2.24, 2.45) is 0 Å². The minimum absolute atomic E-state index is 0.0436. The normalized spacial score (nSPS) is 11.5. The maximum atomic E-state index is 13.4. The summed E-state index contributed by atoms with van der Waals surface area (Å²) in [5.74, 6) is 0.240. The fourth-order valence-corrected chi connectivity index (χ4v) is 4.57. The second kappa shape index (κ2) is 6.94. The maximum Gasteiger partial charge on any atom is 0.214 e. The van der Waals surface area contributed by atoms with Gasteiger partial charge >= 0.3 is 0 Å². The van der Waals surface area contributed by atoms with Gasteiger partial charge in [-0.1, -0.05) is 55.1 Å². The van der Waals surface area contributed by atoms with E-state index in [4.69, 9.17) is 0 Å². The van der Waals surface area contributed by atoms with E-state index in [1.807, 2.05) is 36.4 Å². The van der Waals surface area contributed by atoms with Crippen LogP contribution < -0.4 is 5.32 Å². The highest BCUT2D eigenvalue weighted by Crippen LogP contribution is 2.32. The van der Waals surface area contributed by atoms with Crippen molar-refractivity contribution < 1.29 is 8.42 Å². The van der Waals surface area contributed by atoms with E-state index >= 15 is 0 Å². The summed E-state index contributed by atoms with van der Waals surface area (Å²) >= 11 is 0. The first-order valence-corrected chi connectivity index (χ1v) is 10.1. The van der Waals surface area contributed by atoms with Gasteiger partial charge < -0.3 is 5.32 Å². The van der Waals surface area contributed by atoms with Gasteiger partial charge in [0.25, 0.3) is 0 Å². The van der Waals surface area contributed by atoms with E-state index in [2.05, 4.69) is 22.0 Å². The van der Waals surface area contributed by atoms with Crippen LogP contribution in [0.5, 0.6) is 0 Å². The van der Waals surface area contributed by atoms with Gasteiger partial charge in [0.1, 0.15) is 0 Å². The minimum Gasteiger partial charge on any atom is -0.370 e. The van der Waals surface area contributed by atoms with Crippen molar-refractivity contribution >= 4 is 27.4 Å². The Bertz CT molecular complexity index is 1260. The van der Waals surface area contributed by atoms with Crippen molar-refractivity contribution in [3.8, 4) is 11.3 Å². The molecule has 0 saturated carbocycles. The number of anilines is 1. The summed E-state index contributed by atoms with van der Waals surface area (Å²) in [6.45, 7) is 3.84. The summed E-state index contributed by atoms with van der Waals surface area (Å²) in [5.41, 5.74) is 2.43. The molecule has 140 valence electrons. The molecular weight excluding hydrogens is 372 g/mol. The first-order chi connectivity index (χ1) is 13.6. The van der Waals surface area contributed by atoms with Gasteiger partial charge in [0.15, 0.2) is 16.4 Å². The van der Waals surface area contributed by atoms with Crippen LogP contribution in [0.4, 0.5) is 5.82 Å². The number of nitrogens with one attached hydrogen (secondary N) is 1. The highest BCUT2D eigenvalue weighted by molar-refractivity contribution is 7.91. The molecule has 0 aliphatic rings. The van der Waals surface area contributed by atoms with E-state index in [0.717, 1.165) is 5.56 Å². The topological polar surface area (TPSA) is 76.4 Å². The fraction of sp³-hybridized carbons (Fsp3) is 0.0476. The van der Waals surface area contributed by atoms with Gasteiger partial charge in [-0.3, -0.25) is 0 Å². The monoisotopic (exact) mass is 390 g/mol. The lowest BCUT2D eigenvalue weighted by Gasteiger charge is -2.07. The Hall–Kier alpha value is -3.45. The number of fused-ring (bicyclic) bond motifs is 1. The van der Waals surface area contributed by atoms with E-state index in [1.165, 1.54) is 4.52 Å². The summed E-state index contributed by atoms with van der Waals surface area (Å²) in [5, 5.41) is 7.31. The van der Waals surface area contributed by atoms with Crippen LogP contribution in [-0.4, -0.2) is 30.1 Å². The van der Waals surface area contributed by atoms with Crippen LogP contribution in [0.2, 0.25) is 0 Å². The van der Waals surface area contributed by atoms with Crippen LogP contribution in [0.25, 0.3) is 23.0 Å². The van der Waals surface area contributed by atoms with Crippen LogP contribution in [0.15, 0.2) is 83.1 Å². The molecule has 0 saturated heterocycles. The standard InChI is InChI=1S/C21H18N4O2S/c1-3-16-14-18(15-10-6-4-7-11-15)23-21-19(20(22-2)24-25(16)21)28(26,27)17-12-8-5-9-13-17/h3-14H,1H2,2H3,(H,22,24). The number of nitrogens with zero attached hydrogens (tertiary/aromatic N) is 3. The van der Waals surface area contributed by atoms with E-state index < -0.39 is 9.84 Å². The molecule has 0 fully saturated rings. The largest absolute Gasteiger partial charge is 0.370 e. The number of hydrogen-bond acceptors (Lipinski definition) is 5. The van der Waals surface area contributed by atoms with Crippen LogP contribution in [-0.2, 0) is 9.84 Å². The third-order valence-corrected chi connectivity index (χ3v) is 6.22. The smallest absolute Gasteiger partial charge is 0.214 e. The molecule has 0 bridgehead atoms. The average Bonchev–Trinajstić information content (AvgIpc) is 3.13. The summed E-state index contributed by atoms with van der Waals surface area (Å²) in [4.78, 5) is 4.88. The number of aromatic nitrogens is 3. The van der Waals surface area contributed by atoms with Gasteiger partial charge in [0.2, 0.25) is 9.84 Å². The minimum atomic E-state index is -3.83. The molecule has 1 N–H and O–H groups in total. The lowest BCUT2D eigenvalue weighted by atomic mass is 10.1. The zero-order valence-corrected chi connectivity index (χ0v) is 16.0. The van der Waals surface area contributed by atoms with Crippen molar-refractivity contribution in [1.82, 2.24) is 14.6 Å². The third-order valence-electron chi connectivity index (χ3n) is 4.41. The van der Waals surface area contributed by atoms with Crippen LogP contribution >= 0.6 is 0 Å². The molecule has 2 heterocycles. The molecular formula is C21H18N4O2S. The highest BCUT2D eigenvalue weighted by Gasteiger charge is 2.29. The number of benzene rings is 2. The number of rotatable bonds is 5. The molecule has 0 unspecified atom stereocenters. The molecule has 4 aromatic rings. The van der Waals surface area contributed by atoms with E-state index in [1.54, 1.807) is 43.5 Å². The Morgan fingerprint density at radius 1 is 1.04 bits per heavy atom. The molecule has 28 heavy (non-hydrogen) atoms. The molecule has 4 rings (SSSR count). The van der Waals surface area contributed by atoms with Gasteiger partial charge in [0.05, 0.1) is 16.3 Å². The first kappa shape index (κ1) is 17.9.